The zero-order chi connectivity index (χ0) is 19.9. The molecular weight excluding hydrogens is 386 g/mol. The van der Waals surface area contributed by atoms with Crippen LogP contribution < -0.4 is 9.47 Å². The summed E-state index contributed by atoms with van der Waals surface area (Å²) in [5, 5.41) is 0.570. The van der Waals surface area contributed by atoms with Crippen molar-refractivity contribution in [3.8, 4) is 11.5 Å². The number of sulfonamides is 1. The average molecular weight is 410 g/mol. The molecule has 27 heavy (non-hydrogen) atoms. The van der Waals surface area contributed by atoms with Gasteiger partial charge in [0.15, 0.2) is 11.5 Å². The standard InChI is InChI=1S/C20H24ClNO4S/c1-12-9-20(13(2)8-17(12)21)27(23,24)22-7-6-15-10-18(25-4)19(26-5)11-16(15)14(22)3/h8-11,14H,6-7H2,1-5H3. The van der Waals surface area contributed by atoms with Gasteiger partial charge in [0.05, 0.1) is 19.1 Å². The summed E-state index contributed by atoms with van der Waals surface area (Å²) in [4.78, 5) is 0.306. The van der Waals surface area contributed by atoms with E-state index in [1.807, 2.05) is 26.0 Å². The molecule has 146 valence electrons. The predicted molar refractivity (Wildman–Crippen MR) is 106 cm³/mol. The molecule has 0 aromatic heterocycles. The van der Waals surface area contributed by atoms with Gasteiger partial charge < -0.3 is 9.47 Å². The van der Waals surface area contributed by atoms with E-state index in [-0.39, 0.29) is 6.04 Å². The summed E-state index contributed by atoms with van der Waals surface area (Å²) in [5.41, 5.74) is 3.41. The summed E-state index contributed by atoms with van der Waals surface area (Å²) in [7, 11) is -0.485. The number of fused-ring (bicyclic) bond motifs is 1. The lowest BCUT2D eigenvalue weighted by Gasteiger charge is -2.35. The van der Waals surface area contributed by atoms with Gasteiger partial charge in [0.1, 0.15) is 0 Å². The van der Waals surface area contributed by atoms with Crippen LogP contribution in [0.4, 0.5) is 0 Å². The normalized spacial score (nSPS) is 17.5. The van der Waals surface area contributed by atoms with Gasteiger partial charge in [-0.3, -0.25) is 0 Å². The molecule has 0 spiro atoms. The Morgan fingerprint density at radius 1 is 1.04 bits per heavy atom. The molecule has 5 nitrogen and oxygen atoms in total. The van der Waals surface area contributed by atoms with E-state index in [0.29, 0.717) is 39.9 Å². The maximum Gasteiger partial charge on any atom is 0.243 e. The Kier molecular flexibility index (Phi) is 5.43. The number of nitrogens with zero attached hydrogens (tertiary/aromatic N) is 1. The summed E-state index contributed by atoms with van der Waals surface area (Å²) in [6, 6.07) is 6.87. The Balaban J connectivity index is 2.06. The minimum Gasteiger partial charge on any atom is -0.493 e. The molecule has 0 N–H and O–H groups in total. The van der Waals surface area contributed by atoms with E-state index in [0.717, 1.165) is 16.7 Å². The predicted octanol–water partition coefficient (Wildman–Crippen LogP) is 4.28. The molecule has 0 fully saturated rings. The van der Waals surface area contributed by atoms with Crippen molar-refractivity contribution < 1.29 is 17.9 Å². The van der Waals surface area contributed by atoms with Gasteiger partial charge in [-0.25, -0.2) is 8.42 Å². The van der Waals surface area contributed by atoms with Crippen molar-refractivity contribution in [3.05, 3.63) is 51.5 Å². The smallest absolute Gasteiger partial charge is 0.243 e. The summed E-state index contributed by atoms with van der Waals surface area (Å²) < 4.78 is 39.1. The lowest BCUT2D eigenvalue weighted by atomic mass is 9.94. The Bertz CT molecular complexity index is 988. The molecule has 1 unspecified atom stereocenters. The first-order valence-electron chi connectivity index (χ1n) is 8.74. The zero-order valence-electron chi connectivity index (χ0n) is 16.2. The van der Waals surface area contributed by atoms with Gasteiger partial charge in [-0.05, 0) is 73.7 Å². The maximum absolute atomic E-state index is 13.4. The second-order valence-electron chi connectivity index (χ2n) is 6.81. The number of benzene rings is 2. The minimum atomic E-state index is -3.66. The first-order valence-corrected chi connectivity index (χ1v) is 10.6. The fraction of sp³-hybridized carbons (Fsp3) is 0.400. The first-order chi connectivity index (χ1) is 12.7. The second-order valence-corrected chi connectivity index (χ2v) is 9.08. The molecule has 0 bridgehead atoms. The Morgan fingerprint density at radius 2 is 1.67 bits per heavy atom. The van der Waals surface area contributed by atoms with Crippen LogP contribution in [0.2, 0.25) is 5.02 Å². The van der Waals surface area contributed by atoms with Gasteiger partial charge >= 0.3 is 0 Å². The first kappa shape index (κ1) is 20.0. The lowest BCUT2D eigenvalue weighted by Crippen LogP contribution is -2.39. The minimum absolute atomic E-state index is 0.306. The van der Waals surface area contributed by atoms with Crippen LogP contribution in [0.5, 0.6) is 11.5 Å². The number of aryl methyl sites for hydroxylation is 2. The van der Waals surface area contributed by atoms with Crippen LogP contribution in [0.15, 0.2) is 29.2 Å². The number of ether oxygens (including phenoxy) is 2. The third-order valence-corrected chi connectivity index (χ3v) is 7.69. The number of halogens is 1. The van der Waals surface area contributed by atoms with Crippen LogP contribution in [-0.4, -0.2) is 33.5 Å². The number of hydrogen-bond acceptors (Lipinski definition) is 4. The van der Waals surface area contributed by atoms with Crippen molar-refractivity contribution in [1.82, 2.24) is 4.31 Å². The second kappa shape index (κ2) is 7.34. The molecule has 0 amide bonds. The topological polar surface area (TPSA) is 55.8 Å². The molecule has 1 aliphatic rings. The van der Waals surface area contributed by atoms with Crippen LogP contribution in [0, 0.1) is 13.8 Å². The van der Waals surface area contributed by atoms with Gasteiger partial charge in [0.2, 0.25) is 10.0 Å². The van der Waals surface area contributed by atoms with E-state index in [4.69, 9.17) is 21.1 Å². The highest BCUT2D eigenvalue weighted by Crippen LogP contribution is 2.40. The molecule has 1 heterocycles. The molecule has 0 radical (unpaired) electrons. The number of hydrogen-bond donors (Lipinski definition) is 0. The molecular formula is C20H24ClNO4S. The average Bonchev–Trinajstić information content (AvgIpc) is 2.63. The van der Waals surface area contributed by atoms with Crippen molar-refractivity contribution in [1.29, 1.82) is 0 Å². The van der Waals surface area contributed by atoms with Gasteiger partial charge in [-0.2, -0.15) is 4.31 Å². The van der Waals surface area contributed by atoms with Crippen molar-refractivity contribution in [3.63, 3.8) is 0 Å². The molecule has 1 atom stereocenters. The highest BCUT2D eigenvalue weighted by atomic mass is 35.5. The molecule has 0 aliphatic carbocycles. The van der Waals surface area contributed by atoms with Crippen molar-refractivity contribution in [2.45, 2.75) is 38.1 Å². The number of rotatable bonds is 4. The van der Waals surface area contributed by atoms with Gasteiger partial charge in [-0.15, -0.1) is 0 Å². The molecule has 3 rings (SSSR count). The van der Waals surface area contributed by atoms with E-state index in [1.165, 1.54) is 0 Å². The van der Waals surface area contributed by atoms with E-state index in [1.54, 1.807) is 37.6 Å². The van der Waals surface area contributed by atoms with E-state index in [9.17, 15) is 8.42 Å². The highest BCUT2D eigenvalue weighted by Gasteiger charge is 2.35. The van der Waals surface area contributed by atoms with E-state index < -0.39 is 10.0 Å². The molecule has 0 saturated heterocycles. The summed E-state index contributed by atoms with van der Waals surface area (Å²) in [6.07, 6.45) is 0.616. The van der Waals surface area contributed by atoms with E-state index in [2.05, 4.69) is 0 Å². The zero-order valence-corrected chi connectivity index (χ0v) is 17.7. The molecule has 2 aromatic rings. The monoisotopic (exact) mass is 409 g/mol. The fourth-order valence-corrected chi connectivity index (χ4v) is 5.73. The van der Waals surface area contributed by atoms with Gasteiger partial charge in [0.25, 0.3) is 0 Å². The van der Waals surface area contributed by atoms with Gasteiger partial charge in [0, 0.05) is 17.6 Å². The van der Waals surface area contributed by atoms with E-state index >= 15 is 0 Å². The van der Waals surface area contributed by atoms with Crippen LogP contribution in [0.25, 0.3) is 0 Å². The maximum atomic E-state index is 13.4. The highest BCUT2D eigenvalue weighted by molar-refractivity contribution is 7.89. The summed E-state index contributed by atoms with van der Waals surface area (Å²) in [5.74, 6) is 1.25. The largest absolute Gasteiger partial charge is 0.493 e. The fourth-order valence-electron chi connectivity index (χ4n) is 3.61. The lowest BCUT2D eigenvalue weighted by molar-refractivity contribution is 0.318. The summed E-state index contributed by atoms with van der Waals surface area (Å²) >= 11 is 6.15. The molecule has 7 heteroatoms. The Morgan fingerprint density at radius 3 is 2.30 bits per heavy atom. The third kappa shape index (κ3) is 3.42. The summed E-state index contributed by atoms with van der Waals surface area (Å²) in [6.45, 7) is 5.90. The van der Waals surface area contributed by atoms with Crippen LogP contribution >= 0.6 is 11.6 Å². The van der Waals surface area contributed by atoms with Crippen LogP contribution in [0.1, 0.15) is 35.2 Å². The third-order valence-electron chi connectivity index (χ3n) is 5.17. The SMILES string of the molecule is COc1cc2c(cc1OC)C(C)N(S(=O)(=O)c1cc(C)c(Cl)cc1C)CC2. The number of methoxy groups -OCH3 is 2. The van der Waals surface area contributed by atoms with Crippen LogP contribution in [0.3, 0.4) is 0 Å². The molecule has 0 saturated carbocycles. The Hall–Kier alpha value is -1.76. The Labute approximate surface area is 165 Å². The molecule has 1 aliphatic heterocycles. The van der Waals surface area contributed by atoms with Crippen molar-refractivity contribution in [2.75, 3.05) is 20.8 Å². The van der Waals surface area contributed by atoms with Crippen molar-refractivity contribution in [2.24, 2.45) is 0 Å². The van der Waals surface area contributed by atoms with Gasteiger partial charge in [-0.1, -0.05) is 11.6 Å². The van der Waals surface area contributed by atoms with Crippen LogP contribution in [-0.2, 0) is 16.4 Å². The molecule has 2 aromatic carbocycles. The van der Waals surface area contributed by atoms with Crippen molar-refractivity contribution >= 4 is 21.6 Å². The quantitative estimate of drug-likeness (QED) is 0.756.